The molecule has 2 N–H and O–H groups in total. The molecule has 3 rings (SSSR count). The van der Waals surface area contributed by atoms with Gasteiger partial charge in [-0.15, -0.1) is 0 Å². The second kappa shape index (κ2) is 5.80. The van der Waals surface area contributed by atoms with E-state index < -0.39 is 0 Å². The van der Waals surface area contributed by atoms with Gasteiger partial charge in [-0.1, -0.05) is 44.4 Å². The Morgan fingerprint density at radius 3 is 2.67 bits per heavy atom. The van der Waals surface area contributed by atoms with Crippen molar-refractivity contribution in [2.45, 2.75) is 65.0 Å². The van der Waals surface area contributed by atoms with Crippen molar-refractivity contribution in [3.05, 3.63) is 30.0 Å². The van der Waals surface area contributed by atoms with Gasteiger partial charge in [-0.25, -0.2) is 0 Å². The molecule has 1 fully saturated rings. The van der Waals surface area contributed by atoms with Crippen molar-refractivity contribution in [2.24, 2.45) is 11.1 Å². The van der Waals surface area contributed by atoms with Crippen LogP contribution < -0.4 is 5.73 Å². The fraction of sp³-hybridized carbons (Fsp3) is 0.611. The smallest absolute Gasteiger partial charge is 0.0719 e. The van der Waals surface area contributed by atoms with Crippen LogP contribution in [0.5, 0.6) is 0 Å². The fourth-order valence-electron chi connectivity index (χ4n) is 3.77. The van der Waals surface area contributed by atoms with E-state index in [0.717, 1.165) is 13.0 Å². The molecule has 21 heavy (non-hydrogen) atoms. The maximum atomic E-state index is 6.61. The highest BCUT2D eigenvalue weighted by molar-refractivity contribution is 5.82. The van der Waals surface area contributed by atoms with Crippen LogP contribution in [0.25, 0.3) is 10.9 Å². The molecule has 0 spiro atoms. The lowest BCUT2D eigenvalue weighted by Gasteiger charge is -2.38. The van der Waals surface area contributed by atoms with Crippen LogP contribution in [-0.2, 0) is 13.0 Å². The number of nitrogens with zero attached hydrogens (tertiary/aromatic N) is 2. The molecule has 1 heterocycles. The molecule has 2 aromatic rings. The number of fused-ring (bicyclic) bond motifs is 1. The van der Waals surface area contributed by atoms with Crippen LogP contribution in [0.1, 0.15) is 51.6 Å². The Labute approximate surface area is 127 Å². The minimum Gasteiger partial charge on any atom is -0.327 e. The molecule has 1 aromatic heterocycles. The minimum absolute atomic E-state index is 0.210. The molecule has 0 saturated heterocycles. The van der Waals surface area contributed by atoms with Crippen LogP contribution in [0.4, 0.5) is 0 Å². The van der Waals surface area contributed by atoms with Gasteiger partial charge in [0.1, 0.15) is 0 Å². The van der Waals surface area contributed by atoms with Crippen LogP contribution in [0, 0.1) is 5.41 Å². The summed E-state index contributed by atoms with van der Waals surface area (Å²) in [6, 6.07) is 8.73. The average molecular weight is 285 g/mol. The average Bonchev–Trinajstić information content (AvgIpc) is 2.86. The number of rotatable bonds is 4. The number of aromatic nitrogens is 2. The first-order valence-corrected chi connectivity index (χ1v) is 8.34. The van der Waals surface area contributed by atoms with Gasteiger partial charge in [0.2, 0.25) is 0 Å². The van der Waals surface area contributed by atoms with Gasteiger partial charge in [-0.05, 0) is 31.2 Å². The standard InChI is InChI=1S/C18H27N3/c1-3-21-16-10-6-5-9-14(16)15(20-21)13-17(19)18(2)11-7-4-8-12-18/h5-6,9-10,17H,3-4,7-8,11-13,19H2,1-2H3. The number of hydrogen-bond acceptors (Lipinski definition) is 2. The molecule has 1 aliphatic carbocycles. The molecule has 114 valence electrons. The lowest BCUT2D eigenvalue weighted by Crippen LogP contribution is -2.42. The Bertz CT molecular complexity index is 608. The van der Waals surface area contributed by atoms with Gasteiger partial charge in [0.25, 0.3) is 0 Å². The molecule has 3 nitrogen and oxygen atoms in total. The van der Waals surface area contributed by atoms with E-state index in [1.165, 1.54) is 48.7 Å². The first-order valence-electron chi connectivity index (χ1n) is 8.34. The summed E-state index contributed by atoms with van der Waals surface area (Å²) in [5, 5.41) is 6.08. The monoisotopic (exact) mass is 285 g/mol. The molecular weight excluding hydrogens is 258 g/mol. The van der Waals surface area contributed by atoms with Gasteiger partial charge in [-0.2, -0.15) is 5.10 Å². The van der Waals surface area contributed by atoms with E-state index in [0.29, 0.717) is 0 Å². The van der Waals surface area contributed by atoms with Gasteiger partial charge < -0.3 is 5.73 Å². The summed E-state index contributed by atoms with van der Waals surface area (Å²) < 4.78 is 2.10. The lowest BCUT2D eigenvalue weighted by atomic mass is 9.69. The van der Waals surface area contributed by atoms with E-state index in [-0.39, 0.29) is 11.5 Å². The summed E-state index contributed by atoms with van der Waals surface area (Å²) in [6.07, 6.45) is 7.45. The molecule has 1 unspecified atom stereocenters. The summed E-state index contributed by atoms with van der Waals surface area (Å²) in [5.41, 5.74) is 9.30. The quantitative estimate of drug-likeness (QED) is 0.926. The third-order valence-electron chi connectivity index (χ3n) is 5.34. The highest BCUT2D eigenvalue weighted by Gasteiger charge is 2.33. The van der Waals surface area contributed by atoms with E-state index in [9.17, 15) is 0 Å². The Balaban J connectivity index is 1.87. The summed E-state index contributed by atoms with van der Waals surface area (Å²) >= 11 is 0. The van der Waals surface area contributed by atoms with Crippen LogP contribution in [-0.4, -0.2) is 15.8 Å². The summed E-state index contributed by atoms with van der Waals surface area (Å²) in [6.45, 7) is 5.43. The normalized spacial score (nSPS) is 19.8. The van der Waals surface area contributed by atoms with Gasteiger partial charge in [0, 0.05) is 24.4 Å². The highest BCUT2D eigenvalue weighted by Crippen LogP contribution is 2.39. The summed E-state index contributed by atoms with van der Waals surface area (Å²) in [5.74, 6) is 0. The lowest BCUT2D eigenvalue weighted by molar-refractivity contribution is 0.168. The first-order chi connectivity index (χ1) is 10.1. The highest BCUT2D eigenvalue weighted by atomic mass is 15.3. The van der Waals surface area contributed by atoms with E-state index in [4.69, 9.17) is 10.8 Å². The Kier molecular flexibility index (Phi) is 4.03. The largest absolute Gasteiger partial charge is 0.327 e. The second-order valence-corrected chi connectivity index (χ2v) is 6.80. The number of benzene rings is 1. The summed E-state index contributed by atoms with van der Waals surface area (Å²) in [4.78, 5) is 0. The van der Waals surface area contributed by atoms with E-state index in [2.05, 4.69) is 42.8 Å². The molecule has 0 aliphatic heterocycles. The number of aryl methyl sites for hydroxylation is 1. The predicted molar refractivity (Wildman–Crippen MR) is 88.3 cm³/mol. The number of hydrogen-bond donors (Lipinski definition) is 1. The van der Waals surface area contributed by atoms with Crippen molar-refractivity contribution in [1.82, 2.24) is 9.78 Å². The molecule has 0 bridgehead atoms. The molecule has 0 radical (unpaired) electrons. The van der Waals surface area contributed by atoms with E-state index in [1.54, 1.807) is 0 Å². The zero-order valence-corrected chi connectivity index (χ0v) is 13.3. The zero-order chi connectivity index (χ0) is 14.9. The Morgan fingerprint density at radius 1 is 1.24 bits per heavy atom. The molecular formula is C18H27N3. The molecule has 3 heteroatoms. The van der Waals surface area contributed by atoms with Crippen molar-refractivity contribution < 1.29 is 0 Å². The minimum atomic E-state index is 0.210. The van der Waals surface area contributed by atoms with Gasteiger partial charge >= 0.3 is 0 Å². The van der Waals surface area contributed by atoms with Crippen LogP contribution in [0.2, 0.25) is 0 Å². The van der Waals surface area contributed by atoms with E-state index >= 15 is 0 Å². The number of nitrogens with two attached hydrogens (primary N) is 1. The van der Waals surface area contributed by atoms with Crippen LogP contribution >= 0.6 is 0 Å². The van der Waals surface area contributed by atoms with Crippen molar-refractivity contribution >= 4 is 10.9 Å². The molecule has 0 amide bonds. The second-order valence-electron chi connectivity index (χ2n) is 6.80. The fourth-order valence-corrected chi connectivity index (χ4v) is 3.77. The third kappa shape index (κ3) is 2.71. The SMILES string of the molecule is CCn1nc(CC(N)C2(C)CCCCC2)c2ccccc21. The van der Waals surface area contributed by atoms with Gasteiger partial charge in [0.15, 0.2) is 0 Å². The number of para-hydroxylation sites is 1. The third-order valence-corrected chi connectivity index (χ3v) is 5.34. The van der Waals surface area contributed by atoms with Gasteiger partial charge in [-0.3, -0.25) is 4.68 Å². The maximum Gasteiger partial charge on any atom is 0.0719 e. The van der Waals surface area contributed by atoms with Crippen LogP contribution in [0.3, 0.4) is 0 Å². The van der Waals surface area contributed by atoms with E-state index in [1.807, 2.05) is 0 Å². The maximum absolute atomic E-state index is 6.61. The Morgan fingerprint density at radius 2 is 1.95 bits per heavy atom. The molecule has 1 aromatic carbocycles. The zero-order valence-electron chi connectivity index (χ0n) is 13.3. The predicted octanol–water partition coefficient (Wildman–Crippen LogP) is 3.90. The van der Waals surface area contributed by atoms with Gasteiger partial charge in [0.05, 0.1) is 11.2 Å². The van der Waals surface area contributed by atoms with Crippen molar-refractivity contribution in [3.63, 3.8) is 0 Å². The Hall–Kier alpha value is -1.35. The molecule has 1 atom stereocenters. The summed E-state index contributed by atoms with van der Waals surface area (Å²) in [7, 11) is 0. The first kappa shape index (κ1) is 14.6. The van der Waals surface area contributed by atoms with Crippen molar-refractivity contribution in [2.75, 3.05) is 0 Å². The van der Waals surface area contributed by atoms with Crippen molar-refractivity contribution in [1.29, 1.82) is 0 Å². The molecule has 1 aliphatic rings. The topological polar surface area (TPSA) is 43.8 Å². The van der Waals surface area contributed by atoms with Crippen LogP contribution in [0.15, 0.2) is 24.3 Å². The molecule has 1 saturated carbocycles. The van der Waals surface area contributed by atoms with Crippen molar-refractivity contribution in [3.8, 4) is 0 Å².